The van der Waals surface area contributed by atoms with Gasteiger partial charge in [-0.1, -0.05) is 36.4 Å². The van der Waals surface area contributed by atoms with E-state index in [-0.39, 0.29) is 17.1 Å². The van der Waals surface area contributed by atoms with Gasteiger partial charge in [0, 0.05) is 24.8 Å². The second-order valence-corrected chi connectivity index (χ2v) is 9.79. The first-order valence-corrected chi connectivity index (χ1v) is 11.9. The lowest BCUT2D eigenvalue weighted by Crippen LogP contribution is -2.43. The molecule has 0 amide bonds. The molecule has 0 spiro atoms. The van der Waals surface area contributed by atoms with Crippen molar-refractivity contribution in [2.45, 2.75) is 31.7 Å². The lowest BCUT2D eigenvalue weighted by molar-refractivity contribution is 0.0588. The maximum Gasteiger partial charge on any atom is 0.354 e. The Bertz CT molecular complexity index is 1350. The number of hydrogen-bond acceptors (Lipinski definition) is 5. The molecule has 0 bridgehead atoms. The second-order valence-electron chi connectivity index (χ2n) is 7.90. The smallest absolute Gasteiger partial charge is 0.354 e. The molecule has 7 nitrogen and oxygen atoms in total. The van der Waals surface area contributed by atoms with Crippen LogP contribution in [-0.2, 0) is 21.8 Å². The van der Waals surface area contributed by atoms with Crippen LogP contribution in [0.4, 0.5) is 0 Å². The minimum absolute atomic E-state index is 0.0448. The number of nitrogens with zero attached hydrogens (tertiary/aromatic N) is 2. The van der Waals surface area contributed by atoms with Crippen LogP contribution >= 0.6 is 0 Å². The van der Waals surface area contributed by atoms with Gasteiger partial charge in [-0.3, -0.25) is 4.79 Å². The summed E-state index contributed by atoms with van der Waals surface area (Å²) >= 11 is 0. The lowest BCUT2D eigenvalue weighted by atomic mass is 10.0. The van der Waals surface area contributed by atoms with E-state index in [0.29, 0.717) is 16.8 Å². The van der Waals surface area contributed by atoms with E-state index in [1.54, 1.807) is 50.6 Å². The van der Waals surface area contributed by atoms with Crippen LogP contribution < -0.4 is 0 Å². The van der Waals surface area contributed by atoms with Crippen LogP contribution in [0.3, 0.4) is 0 Å². The third-order valence-corrected chi connectivity index (χ3v) is 7.94. The highest BCUT2D eigenvalue weighted by atomic mass is 32.2. The topological polar surface area (TPSA) is 85.7 Å². The van der Waals surface area contributed by atoms with E-state index >= 15 is 0 Å². The first-order chi connectivity index (χ1) is 15.6. The van der Waals surface area contributed by atoms with Gasteiger partial charge in [0.05, 0.1) is 18.0 Å². The Labute approximate surface area is 194 Å². The van der Waals surface area contributed by atoms with Crippen LogP contribution in [0.25, 0.3) is 10.8 Å². The van der Waals surface area contributed by atoms with Crippen LogP contribution in [0.15, 0.2) is 60.0 Å². The van der Waals surface area contributed by atoms with Gasteiger partial charge in [0.15, 0.2) is 5.78 Å². The first-order valence-electron chi connectivity index (χ1n) is 10.5. The average molecular weight is 469 g/mol. The summed E-state index contributed by atoms with van der Waals surface area (Å²) in [4.78, 5) is 25.9. The van der Waals surface area contributed by atoms with Crippen LogP contribution in [0.5, 0.6) is 0 Å². The van der Waals surface area contributed by atoms with Gasteiger partial charge in [-0.15, -0.1) is 6.58 Å². The zero-order chi connectivity index (χ0) is 24.5. The van der Waals surface area contributed by atoms with E-state index in [1.807, 2.05) is 24.3 Å². The van der Waals surface area contributed by atoms with Crippen LogP contribution in [-0.4, -0.2) is 48.7 Å². The number of Topliss-reactive ketones (excluding diaryl/α,β-unsaturated/α-hetero) is 1. The molecule has 0 saturated heterocycles. The van der Waals surface area contributed by atoms with Gasteiger partial charge in [0.1, 0.15) is 5.69 Å². The van der Waals surface area contributed by atoms with Crippen molar-refractivity contribution < 1.29 is 22.7 Å². The Morgan fingerprint density at radius 2 is 1.79 bits per heavy atom. The third-order valence-electron chi connectivity index (χ3n) is 6.00. The maximum atomic E-state index is 13.6. The van der Waals surface area contributed by atoms with Gasteiger partial charge in [-0.05, 0) is 49.2 Å². The Hall–Kier alpha value is -3.23. The number of aromatic nitrogens is 1. The van der Waals surface area contributed by atoms with E-state index in [9.17, 15) is 18.0 Å². The Morgan fingerprint density at radius 3 is 2.39 bits per heavy atom. The first kappa shape index (κ1) is 24.4. The van der Waals surface area contributed by atoms with Crippen molar-refractivity contribution in [3.05, 3.63) is 77.6 Å². The number of carbonyl (C=O) groups excluding carboxylic acids is 2. The fraction of sp³-hybridized carbons (Fsp3) is 0.280. The zero-order valence-corrected chi connectivity index (χ0v) is 20.3. The van der Waals surface area contributed by atoms with Crippen molar-refractivity contribution in [1.29, 1.82) is 0 Å². The summed E-state index contributed by atoms with van der Waals surface area (Å²) < 4.78 is 34.8. The van der Waals surface area contributed by atoms with Gasteiger partial charge in [-0.2, -0.15) is 4.31 Å². The van der Waals surface area contributed by atoms with Crippen molar-refractivity contribution >= 4 is 32.5 Å². The molecule has 2 aromatic carbocycles. The minimum Gasteiger partial charge on any atom is -0.464 e. The monoisotopic (exact) mass is 468 g/mol. The van der Waals surface area contributed by atoms with Gasteiger partial charge in [0.25, 0.3) is 0 Å². The van der Waals surface area contributed by atoms with Gasteiger partial charge in [-0.25, -0.2) is 13.2 Å². The number of rotatable bonds is 8. The fourth-order valence-corrected chi connectivity index (χ4v) is 5.72. The summed E-state index contributed by atoms with van der Waals surface area (Å²) in [5, 5.41) is 1.70. The summed E-state index contributed by atoms with van der Waals surface area (Å²) in [5.74, 6) is -0.960. The van der Waals surface area contributed by atoms with Crippen LogP contribution in [0.1, 0.15) is 39.0 Å². The Balaban J connectivity index is 2.07. The van der Waals surface area contributed by atoms with E-state index in [1.165, 1.54) is 13.2 Å². The summed E-state index contributed by atoms with van der Waals surface area (Å²) in [6.45, 7) is 8.56. The Morgan fingerprint density at radius 1 is 1.15 bits per heavy atom. The Kier molecular flexibility index (Phi) is 6.90. The molecule has 8 heteroatoms. The van der Waals surface area contributed by atoms with Crippen molar-refractivity contribution in [3.63, 3.8) is 0 Å². The molecule has 0 aliphatic rings. The molecule has 0 radical (unpaired) electrons. The molecule has 1 unspecified atom stereocenters. The molecule has 1 heterocycles. The van der Waals surface area contributed by atoms with E-state index in [0.717, 1.165) is 15.1 Å². The van der Waals surface area contributed by atoms with Gasteiger partial charge < -0.3 is 9.30 Å². The molecule has 3 rings (SSSR count). The van der Waals surface area contributed by atoms with Crippen molar-refractivity contribution in [3.8, 4) is 0 Å². The normalized spacial score (nSPS) is 12.7. The number of sulfonamides is 1. The molecular weight excluding hydrogens is 440 g/mol. The average Bonchev–Trinajstić information content (AvgIpc) is 3.03. The maximum absolute atomic E-state index is 13.6. The highest BCUT2D eigenvalue weighted by Gasteiger charge is 2.36. The molecule has 0 N–H and O–H groups in total. The predicted octanol–water partition coefficient (Wildman–Crippen LogP) is 4.03. The quantitative estimate of drug-likeness (QED) is 0.283. The lowest BCUT2D eigenvalue weighted by Gasteiger charge is -2.27. The molecule has 174 valence electrons. The van der Waals surface area contributed by atoms with E-state index in [4.69, 9.17) is 4.74 Å². The number of fused-ring (bicyclic) bond motifs is 1. The summed E-state index contributed by atoms with van der Waals surface area (Å²) in [6.07, 6.45) is 1.45. The molecule has 1 aromatic heterocycles. The largest absolute Gasteiger partial charge is 0.464 e. The standard InChI is InChI=1S/C25H28N2O5S/c1-7-14-27(33(30,31)21-13-12-19-10-8-9-11-20(19)15-21)18(4)24(28)22-16(2)23(25(29)32-6)26(5)17(22)3/h7-13,15,18H,1,14H2,2-6H3. The zero-order valence-electron chi connectivity index (χ0n) is 19.5. The van der Waals surface area contributed by atoms with Crippen LogP contribution in [0.2, 0.25) is 0 Å². The molecule has 0 fully saturated rings. The van der Waals surface area contributed by atoms with Gasteiger partial charge >= 0.3 is 5.97 Å². The molecule has 1 atom stereocenters. The molecule has 3 aromatic rings. The number of esters is 1. The van der Waals surface area contributed by atoms with Crippen molar-refractivity contribution in [2.24, 2.45) is 7.05 Å². The molecule has 0 aliphatic heterocycles. The highest BCUT2D eigenvalue weighted by Crippen LogP contribution is 2.28. The number of ether oxygens (including phenoxy) is 1. The molecular formula is C25H28N2O5S. The predicted molar refractivity (Wildman–Crippen MR) is 128 cm³/mol. The third kappa shape index (κ3) is 4.24. The van der Waals surface area contributed by atoms with Crippen molar-refractivity contribution in [2.75, 3.05) is 13.7 Å². The van der Waals surface area contributed by atoms with Crippen LogP contribution in [0, 0.1) is 13.8 Å². The molecule has 0 aliphatic carbocycles. The summed E-state index contributed by atoms with van der Waals surface area (Å²) in [6, 6.07) is 11.3. The highest BCUT2D eigenvalue weighted by molar-refractivity contribution is 7.89. The van der Waals surface area contributed by atoms with E-state index < -0.39 is 27.8 Å². The summed E-state index contributed by atoms with van der Waals surface area (Å²) in [7, 11) is -1.07. The number of benzene rings is 2. The van der Waals surface area contributed by atoms with Crippen molar-refractivity contribution in [1.82, 2.24) is 8.87 Å². The minimum atomic E-state index is -4.01. The fourth-order valence-electron chi connectivity index (χ4n) is 4.12. The molecule has 33 heavy (non-hydrogen) atoms. The molecule has 0 saturated carbocycles. The summed E-state index contributed by atoms with van der Waals surface area (Å²) in [5.41, 5.74) is 1.60. The number of ketones is 1. The number of hydrogen-bond donors (Lipinski definition) is 0. The number of carbonyl (C=O) groups is 2. The second kappa shape index (κ2) is 9.33. The number of methoxy groups -OCH3 is 1. The SMILES string of the molecule is C=CCN(C(C)C(=O)c1c(C)c(C(=O)OC)n(C)c1C)S(=O)(=O)c1ccc2ccccc2c1. The van der Waals surface area contributed by atoms with Gasteiger partial charge in [0.2, 0.25) is 10.0 Å². The van der Waals surface area contributed by atoms with E-state index in [2.05, 4.69) is 6.58 Å².